The molecule has 2 N–H and O–H groups in total. The van der Waals surface area contributed by atoms with Crippen molar-refractivity contribution < 1.29 is 14.7 Å². The highest BCUT2D eigenvalue weighted by Crippen LogP contribution is 2.31. The van der Waals surface area contributed by atoms with Crippen LogP contribution in [0.1, 0.15) is 17.7 Å². The average Bonchev–Trinajstić information content (AvgIpc) is 3.22. The van der Waals surface area contributed by atoms with Crippen LogP contribution in [0.15, 0.2) is 30.3 Å². The molecule has 0 saturated carbocycles. The lowest BCUT2D eigenvalue weighted by atomic mass is 10.1. The Morgan fingerprint density at radius 3 is 2.79 bits per heavy atom. The monoisotopic (exact) mass is 342 g/mol. The van der Waals surface area contributed by atoms with Crippen LogP contribution in [0, 0.1) is 11.3 Å². The number of hydrogen-bond acceptors (Lipinski definition) is 5. The predicted molar refractivity (Wildman–Crippen MR) is 88.6 cm³/mol. The van der Waals surface area contributed by atoms with E-state index in [1.54, 1.807) is 0 Å². The van der Waals surface area contributed by atoms with Crippen molar-refractivity contribution in [2.75, 3.05) is 11.9 Å². The molecule has 3 rings (SSSR count). The molecule has 24 heavy (non-hydrogen) atoms. The molecule has 0 radical (unpaired) electrons. The normalized spacial score (nSPS) is 16.6. The van der Waals surface area contributed by atoms with Crippen LogP contribution >= 0.6 is 11.3 Å². The van der Waals surface area contributed by atoms with Crippen molar-refractivity contribution in [3.63, 3.8) is 0 Å². The Hall–Kier alpha value is -2.92. The van der Waals surface area contributed by atoms with Crippen LogP contribution < -0.4 is 5.32 Å². The standard InChI is InChI=1S/C16H14N4O3S/c17-9-12-13(10-5-2-1-3-6-10)18-15(24-12)19-14(21)11-7-4-8-20(11)16(22)23/h1-3,5-6,11H,4,7-8H2,(H,22,23)(H,18,19,21)/t11-/m0/s1. The highest BCUT2D eigenvalue weighted by atomic mass is 32.1. The van der Waals surface area contributed by atoms with Gasteiger partial charge in [0, 0.05) is 12.1 Å². The maximum Gasteiger partial charge on any atom is 0.407 e. The van der Waals surface area contributed by atoms with Crippen molar-refractivity contribution in [1.82, 2.24) is 9.88 Å². The van der Waals surface area contributed by atoms with Gasteiger partial charge in [0.15, 0.2) is 5.13 Å². The van der Waals surface area contributed by atoms with Crippen LogP contribution in [0.5, 0.6) is 0 Å². The quantitative estimate of drug-likeness (QED) is 0.892. The number of hydrogen-bond donors (Lipinski definition) is 2. The Morgan fingerprint density at radius 2 is 2.12 bits per heavy atom. The number of carbonyl (C=O) groups is 2. The van der Waals surface area contributed by atoms with Gasteiger partial charge in [0.05, 0.1) is 0 Å². The first-order valence-electron chi connectivity index (χ1n) is 7.37. The van der Waals surface area contributed by atoms with E-state index in [2.05, 4.69) is 16.4 Å². The van der Waals surface area contributed by atoms with E-state index >= 15 is 0 Å². The summed E-state index contributed by atoms with van der Waals surface area (Å²) in [5, 5.41) is 21.3. The Kier molecular flexibility index (Phi) is 4.44. The third-order valence-electron chi connectivity index (χ3n) is 3.81. The topological polar surface area (TPSA) is 106 Å². The molecule has 1 aromatic carbocycles. The van der Waals surface area contributed by atoms with E-state index < -0.39 is 18.0 Å². The van der Waals surface area contributed by atoms with E-state index in [1.807, 2.05) is 30.3 Å². The van der Waals surface area contributed by atoms with E-state index in [4.69, 9.17) is 5.11 Å². The molecule has 0 spiro atoms. The number of carboxylic acid groups (broad SMARTS) is 1. The molecule has 1 aromatic heterocycles. The number of anilines is 1. The van der Waals surface area contributed by atoms with Gasteiger partial charge >= 0.3 is 6.09 Å². The maximum atomic E-state index is 12.3. The molecule has 2 heterocycles. The lowest BCUT2D eigenvalue weighted by Gasteiger charge is -2.19. The van der Waals surface area contributed by atoms with Gasteiger partial charge in [0.2, 0.25) is 5.91 Å². The Bertz CT molecular complexity index is 812. The van der Waals surface area contributed by atoms with Gasteiger partial charge in [-0.3, -0.25) is 9.69 Å². The number of rotatable bonds is 3. The van der Waals surface area contributed by atoms with Crippen LogP contribution in [0.25, 0.3) is 11.3 Å². The van der Waals surface area contributed by atoms with Gasteiger partial charge in [0.1, 0.15) is 22.7 Å². The van der Waals surface area contributed by atoms with Crippen LogP contribution in [0.3, 0.4) is 0 Å². The zero-order valence-corrected chi connectivity index (χ0v) is 13.4. The van der Waals surface area contributed by atoms with Crippen molar-refractivity contribution in [3.8, 4) is 17.3 Å². The third kappa shape index (κ3) is 3.07. The van der Waals surface area contributed by atoms with E-state index in [0.29, 0.717) is 35.1 Å². The molecule has 1 atom stereocenters. The second-order valence-corrected chi connectivity index (χ2v) is 6.30. The molecule has 0 aliphatic carbocycles. The Morgan fingerprint density at radius 1 is 1.38 bits per heavy atom. The summed E-state index contributed by atoms with van der Waals surface area (Å²) in [6.07, 6.45) is 0.0377. The SMILES string of the molecule is N#Cc1sc(NC(=O)[C@@H]2CCCN2C(=O)O)nc1-c1ccccc1. The summed E-state index contributed by atoms with van der Waals surface area (Å²) in [4.78, 5) is 29.4. The lowest BCUT2D eigenvalue weighted by Crippen LogP contribution is -2.42. The average molecular weight is 342 g/mol. The molecular formula is C16H14N4O3S. The molecule has 1 saturated heterocycles. The first-order chi connectivity index (χ1) is 11.6. The minimum Gasteiger partial charge on any atom is -0.465 e. The molecule has 0 bridgehead atoms. The van der Waals surface area contributed by atoms with Gasteiger partial charge in [0.25, 0.3) is 0 Å². The van der Waals surface area contributed by atoms with Crippen molar-refractivity contribution in [2.45, 2.75) is 18.9 Å². The van der Waals surface area contributed by atoms with Crippen molar-refractivity contribution >= 4 is 28.5 Å². The van der Waals surface area contributed by atoms with Gasteiger partial charge in [-0.15, -0.1) is 0 Å². The lowest BCUT2D eigenvalue weighted by molar-refractivity contribution is -0.119. The molecule has 0 unspecified atom stereocenters. The highest BCUT2D eigenvalue weighted by molar-refractivity contribution is 7.16. The van der Waals surface area contributed by atoms with E-state index in [1.165, 1.54) is 0 Å². The van der Waals surface area contributed by atoms with Crippen molar-refractivity contribution in [3.05, 3.63) is 35.2 Å². The number of nitriles is 1. The Labute approximate surface area is 142 Å². The number of nitrogens with zero attached hydrogens (tertiary/aromatic N) is 3. The molecule has 122 valence electrons. The third-order valence-corrected chi connectivity index (χ3v) is 4.68. The number of aromatic nitrogens is 1. The molecule has 2 aromatic rings. The van der Waals surface area contributed by atoms with Crippen LogP contribution in [-0.2, 0) is 4.79 Å². The van der Waals surface area contributed by atoms with Crippen molar-refractivity contribution in [1.29, 1.82) is 5.26 Å². The summed E-state index contributed by atoms with van der Waals surface area (Å²) in [6.45, 7) is 0.351. The summed E-state index contributed by atoms with van der Waals surface area (Å²) in [6, 6.07) is 10.6. The van der Waals surface area contributed by atoms with Gasteiger partial charge in [-0.2, -0.15) is 5.26 Å². The first-order valence-corrected chi connectivity index (χ1v) is 8.18. The summed E-state index contributed by atoms with van der Waals surface area (Å²) < 4.78 is 0. The summed E-state index contributed by atoms with van der Waals surface area (Å²) in [5.74, 6) is -0.409. The van der Waals surface area contributed by atoms with Gasteiger partial charge in [-0.05, 0) is 12.8 Å². The maximum absolute atomic E-state index is 12.3. The largest absolute Gasteiger partial charge is 0.465 e. The van der Waals surface area contributed by atoms with Crippen molar-refractivity contribution in [2.24, 2.45) is 0 Å². The number of likely N-dealkylation sites (tertiary alicyclic amines) is 1. The molecule has 1 aliphatic rings. The fourth-order valence-corrected chi connectivity index (χ4v) is 3.49. The molecule has 8 heteroatoms. The predicted octanol–water partition coefficient (Wildman–Crippen LogP) is 2.76. The van der Waals surface area contributed by atoms with E-state index in [9.17, 15) is 14.9 Å². The van der Waals surface area contributed by atoms with E-state index in [-0.39, 0.29) is 0 Å². The number of carbonyl (C=O) groups excluding carboxylic acids is 1. The Balaban J connectivity index is 1.81. The van der Waals surface area contributed by atoms with E-state index in [0.717, 1.165) is 21.8 Å². The second kappa shape index (κ2) is 6.68. The number of benzene rings is 1. The number of thiazole rings is 1. The minimum absolute atomic E-state index is 0.299. The van der Waals surface area contributed by atoms with Crippen LogP contribution in [-0.4, -0.2) is 39.6 Å². The molecular weight excluding hydrogens is 328 g/mol. The van der Waals surface area contributed by atoms with Gasteiger partial charge < -0.3 is 10.4 Å². The first kappa shape index (κ1) is 16.0. The molecule has 2 amide bonds. The fourth-order valence-electron chi connectivity index (χ4n) is 2.70. The van der Waals surface area contributed by atoms with Crippen LogP contribution in [0.4, 0.5) is 9.93 Å². The fraction of sp³-hybridized carbons (Fsp3) is 0.250. The minimum atomic E-state index is -1.10. The van der Waals surface area contributed by atoms with Crippen LogP contribution in [0.2, 0.25) is 0 Å². The highest BCUT2D eigenvalue weighted by Gasteiger charge is 2.34. The number of amides is 2. The summed E-state index contributed by atoms with van der Waals surface area (Å²) in [5.41, 5.74) is 1.30. The zero-order chi connectivity index (χ0) is 17.1. The summed E-state index contributed by atoms with van der Waals surface area (Å²) in [7, 11) is 0. The molecule has 7 nitrogen and oxygen atoms in total. The smallest absolute Gasteiger partial charge is 0.407 e. The zero-order valence-electron chi connectivity index (χ0n) is 12.6. The van der Waals surface area contributed by atoms with Gasteiger partial charge in [-0.1, -0.05) is 41.7 Å². The number of nitrogens with one attached hydrogen (secondary N) is 1. The molecule has 1 aliphatic heterocycles. The second-order valence-electron chi connectivity index (χ2n) is 5.30. The van der Waals surface area contributed by atoms with Gasteiger partial charge in [-0.25, -0.2) is 9.78 Å². The summed E-state index contributed by atoms with van der Waals surface area (Å²) >= 11 is 1.08. The molecule has 1 fully saturated rings.